The second-order valence-electron chi connectivity index (χ2n) is 4.14. The highest BCUT2D eigenvalue weighted by molar-refractivity contribution is 5.40. The van der Waals surface area contributed by atoms with E-state index in [-0.39, 0.29) is 0 Å². The number of hydrogen-bond acceptors (Lipinski definition) is 3. The Hall–Kier alpha value is -1.06. The number of nitrogens with one attached hydrogen (secondary N) is 2. The Labute approximate surface area is 91.1 Å². The lowest BCUT2D eigenvalue weighted by molar-refractivity contribution is 0.550. The summed E-state index contributed by atoms with van der Waals surface area (Å²) in [5, 5.41) is 6.89. The SMILES string of the molecule is Nc1cccc(CCNC2CCNC2)c1. The molecule has 0 aromatic heterocycles. The minimum Gasteiger partial charge on any atom is -0.399 e. The van der Waals surface area contributed by atoms with Crippen LogP contribution in [0.15, 0.2) is 24.3 Å². The van der Waals surface area contributed by atoms with E-state index < -0.39 is 0 Å². The molecule has 0 saturated carbocycles. The fourth-order valence-electron chi connectivity index (χ4n) is 2.00. The molecule has 1 aromatic carbocycles. The van der Waals surface area contributed by atoms with E-state index in [0.717, 1.165) is 31.7 Å². The summed E-state index contributed by atoms with van der Waals surface area (Å²) in [6.45, 7) is 3.29. The number of nitrogen functional groups attached to an aromatic ring is 1. The van der Waals surface area contributed by atoms with Crippen molar-refractivity contribution in [2.45, 2.75) is 18.9 Å². The second kappa shape index (κ2) is 5.14. The second-order valence-corrected chi connectivity index (χ2v) is 4.14. The summed E-state index contributed by atoms with van der Waals surface area (Å²) in [5.74, 6) is 0. The van der Waals surface area contributed by atoms with Gasteiger partial charge in [0.25, 0.3) is 0 Å². The monoisotopic (exact) mass is 205 g/mol. The van der Waals surface area contributed by atoms with E-state index in [1.54, 1.807) is 0 Å². The van der Waals surface area contributed by atoms with Crippen molar-refractivity contribution in [3.05, 3.63) is 29.8 Å². The predicted molar refractivity (Wildman–Crippen MR) is 63.8 cm³/mol. The first-order valence-electron chi connectivity index (χ1n) is 5.63. The molecule has 0 amide bonds. The van der Waals surface area contributed by atoms with Gasteiger partial charge in [0.2, 0.25) is 0 Å². The smallest absolute Gasteiger partial charge is 0.0316 e. The quantitative estimate of drug-likeness (QED) is 0.636. The zero-order valence-electron chi connectivity index (χ0n) is 9.00. The van der Waals surface area contributed by atoms with Gasteiger partial charge in [-0.2, -0.15) is 0 Å². The van der Waals surface area contributed by atoms with Crippen molar-refractivity contribution in [1.82, 2.24) is 10.6 Å². The molecule has 3 heteroatoms. The lowest BCUT2D eigenvalue weighted by Crippen LogP contribution is -2.32. The molecule has 0 bridgehead atoms. The molecule has 1 atom stereocenters. The molecule has 0 spiro atoms. The lowest BCUT2D eigenvalue weighted by Gasteiger charge is -2.10. The van der Waals surface area contributed by atoms with Crippen LogP contribution in [0.4, 0.5) is 5.69 Å². The molecule has 2 rings (SSSR count). The average Bonchev–Trinajstić information content (AvgIpc) is 2.71. The van der Waals surface area contributed by atoms with Gasteiger partial charge in [-0.3, -0.25) is 0 Å². The van der Waals surface area contributed by atoms with Crippen LogP contribution in [0, 0.1) is 0 Å². The van der Waals surface area contributed by atoms with Crippen LogP contribution in [0.2, 0.25) is 0 Å². The van der Waals surface area contributed by atoms with Gasteiger partial charge in [0.05, 0.1) is 0 Å². The average molecular weight is 205 g/mol. The number of hydrogen-bond donors (Lipinski definition) is 3. The Morgan fingerprint density at radius 2 is 2.40 bits per heavy atom. The third-order valence-electron chi connectivity index (χ3n) is 2.86. The van der Waals surface area contributed by atoms with Gasteiger partial charge in [-0.25, -0.2) is 0 Å². The van der Waals surface area contributed by atoms with E-state index >= 15 is 0 Å². The van der Waals surface area contributed by atoms with Gasteiger partial charge in [-0.1, -0.05) is 12.1 Å². The fraction of sp³-hybridized carbons (Fsp3) is 0.500. The molecule has 1 heterocycles. The van der Waals surface area contributed by atoms with Crippen LogP contribution in [0.25, 0.3) is 0 Å². The van der Waals surface area contributed by atoms with Gasteiger partial charge in [-0.05, 0) is 43.6 Å². The Kier molecular flexibility index (Phi) is 3.59. The van der Waals surface area contributed by atoms with Crippen LogP contribution in [0.3, 0.4) is 0 Å². The van der Waals surface area contributed by atoms with Gasteiger partial charge in [-0.15, -0.1) is 0 Å². The van der Waals surface area contributed by atoms with Crippen molar-refractivity contribution < 1.29 is 0 Å². The number of nitrogens with two attached hydrogens (primary N) is 1. The molecule has 82 valence electrons. The summed E-state index contributed by atoms with van der Waals surface area (Å²) < 4.78 is 0. The summed E-state index contributed by atoms with van der Waals surface area (Å²) in [7, 11) is 0. The highest BCUT2D eigenvalue weighted by Crippen LogP contribution is 2.07. The summed E-state index contributed by atoms with van der Waals surface area (Å²) in [4.78, 5) is 0. The number of rotatable bonds is 4. The topological polar surface area (TPSA) is 50.1 Å². The van der Waals surface area contributed by atoms with Crippen LogP contribution in [0.1, 0.15) is 12.0 Å². The Morgan fingerprint density at radius 1 is 1.47 bits per heavy atom. The Bertz CT molecular complexity index is 305. The molecule has 1 aliphatic heterocycles. The van der Waals surface area contributed by atoms with Crippen molar-refractivity contribution >= 4 is 5.69 Å². The first-order valence-corrected chi connectivity index (χ1v) is 5.63. The molecule has 1 aliphatic rings. The van der Waals surface area contributed by atoms with E-state index in [1.165, 1.54) is 12.0 Å². The highest BCUT2D eigenvalue weighted by Gasteiger charge is 2.12. The van der Waals surface area contributed by atoms with Crippen molar-refractivity contribution in [3.63, 3.8) is 0 Å². The van der Waals surface area contributed by atoms with Crippen molar-refractivity contribution in [2.75, 3.05) is 25.4 Å². The van der Waals surface area contributed by atoms with Crippen molar-refractivity contribution in [1.29, 1.82) is 0 Å². The third-order valence-corrected chi connectivity index (χ3v) is 2.86. The summed E-state index contributed by atoms with van der Waals surface area (Å²) in [6, 6.07) is 8.78. The highest BCUT2D eigenvalue weighted by atomic mass is 15.0. The summed E-state index contributed by atoms with van der Waals surface area (Å²) >= 11 is 0. The zero-order chi connectivity index (χ0) is 10.5. The third kappa shape index (κ3) is 3.22. The van der Waals surface area contributed by atoms with Crippen LogP contribution < -0.4 is 16.4 Å². The lowest BCUT2D eigenvalue weighted by atomic mass is 10.1. The minimum absolute atomic E-state index is 0.658. The van der Waals surface area contributed by atoms with Crippen LogP contribution >= 0.6 is 0 Å². The maximum Gasteiger partial charge on any atom is 0.0316 e. The number of anilines is 1. The van der Waals surface area contributed by atoms with Crippen molar-refractivity contribution in [2.24, 2.45) is 0 Å². The van der Waals surface area contributed by atoms with Gasteiger partial charge in [0, 0.05) is 18.3 Å². The normalized spacial score (nSPS) is 20.7. The molecular formula is C12H19N3. The molecule has 4 N–H and O–H groups in total. The minimum atomic E-state index is 0.658. The van der Waals surface area contributed by atoms with Gasteiger partial charge >= 0.3 is 0 Å². The van der Waals surface area contributed by atoms with Gasteiger partial charge < -0.3 is 16.4 Å². The molecule has 1 saturated heterocycles. The molecule has 1 aromatic rings. The summed E-state index contributed by atoms with van der Waals surface area (Å²) in [5.41, 5.74) is 7.89. The van der Waals surface area contributed by atoms with Crippen LogP contribution in [-0.2, 0) is 6.42 Å². The molecular weight excluding hydrogens is 186 g/mol. The zero-order valence-corrected chi connectivity index (χ0v) is 9.00. The van der Waals surface area contributed by atoms with E-state index in [9.17, 15) is 0 Å². The van der Waals surface area contributed by atoms with Crippen LogP contribution in [0.5, 0.6) is 0 Å². The van der Waals surface area contributed by atoms with E-state index in [1.807, 2.05) is 12.1 Å². The summed E-state index contributed by atoms with van der Waals surface area (Å²) in [6.07, 6.45) is 2.30. The Morgan fingerprint density at radius 3 is 3.13 bits per heavy atom. The van der Waals surface area contributed by atoms with Crippen molar-refractivity contribution in [3.8, 4) is 0 Å². The molecule has 1 fully saturated rings. The standard InChI is InChI=1S/C12H19N3/c13-11-3-1-2-10(8-11)4-7-15-12-5-6-14-9-12/h1-3,8,12,14-15H,4-7,9,13H2. The number of benzene rings is 1. The maximum absolute atomic E-state index is 5.72. The largest absolute Gasteiger partial charge is 0.399 e. The first-order chi connectivity index (χ1) is 7.34. The van der Waals surface area contributed by atoms with Crippen LogP contribution in [-0.4, -0.2) is 25.7 Å². The van der Waals surface area contributed by atoms with E-state index in [0.29, 0.717) is 6.04 Å². The fourth-order valence-corrected chi connectivity index (χ4v) is 2.00. The van der Waals surface area contributed by atoms with Gasteiger partial charge in [0.15, 0.2) is 0 Å². The predicted octanol–water partition coefficient (Wildman–Crippen LogP) is 0.763. The molecule has 15 heavy (non-hydrogen) atoms. The molecule has 0 radical (unpaired) electrons. The van der Waals surface area contributed by atoms with Gasteiger partial charge in [0.1, 0.15) is 0 Å². The Balaban J connectivity index is 1.73. The van der Waals surface area contributed by atoms with E-state index in [2.05, 4.69) is 22.8 Å². The molecule has 1 unspecified atom stereocenters. The maximum atomic E-state index is 5.72. The first kappa shape index (κ1) is 10.5. The molecule has 3 nitrogen and oxygen atoms in total. The van der Waals surface area contributed by atoms with E-state index in [4.69, 9.17) is 5.73 Å². The molecule has 0 aliphatic carbocycles.